The number of nitrogens with zero attached hydrogens (tertiary/aromatic N) is 2. The SMILES string of the molecule is C=CCN1CCC2(CC1)c1ccccc1CCN2C. The maximum absolute atomic E-state index is 3.86. The second kappa shape index (κ2) is 5.10. The van der Waals surface area contributed by atoms with Gasteiger partial charge in [0.2, 0.25) is 0 Å². The van der Waals surface area contributed by atoms with E-state index in [0.717, 1.165) is 6.54 Å². The van der Waals surface area contributed by atoms with Gasteiger partial charge in [-0.2, -0.15) is 0 Å². The third-order valence-corrected chi connectivity index (χ3v) is 5.04. The Balaban J connectivity index is 1.89. The average molecular weight is 256 g/mol. The van der Waals surface area contributed by atoms with Crippen LogP contribution in [0.1, 0.15) is 24.0 Å². The molecule has 0 radical (unpaired) electrons. The summed E-state index contributed by atoms with van der Waals surface area (Å²) in [4.78, 5) is 5.11. The van der Waals surface area contributed by atoms with Crippen molar-refractivity contribution in [2.45, 2.75) is 24.8 Å². The summed E-state index contributed by atoms with van der Waals surface area (Å²) in [6, 6.07) is 9.06. The largest absolute Gasteiger partial charge is 0.300 e. The van der Waals surface area contributed by atoms with Crippen LogP contribution < -0.4 is 0 Å². The molecule has 19 heavy (non-hydrogen) atoms. The molecule has 0 bridgehead atoms. The highest BCUT2D eigenvalue weighted by Gasteiger charge is 2.42. The van der Waals surface area contributed by atoms with E-state index in [1.165, 1.54) is 38.9 Å². The van der Waals surface area contributed by atoms with E-state index in [4.69, 9.17) is 0 Å². The lowest BCUT2D eigenvalue weighted by Gasteiger charge is -2.51. The van der Waals surface area contributed by atoms with Crippen molar-refractivity contribution >= 4 is 0 Å². The summed E-state index contributed by atoms with van der Waals surface area (Å²) in [6.45, 7) is 8.45. The highest BCUT2D eigenvalue weighted by atomic mass is 15.2. The lowest BCUT2D eigenvalue weighted by atomic mass is 9.74. The molecule has 102 valence electrons. The quantitative estimate of drug-likeness (QED) is 0.751. The molecule has 0 unspecified atom stereocenters. The first kappa shape index (κ1) is 12.9. The summed E-state index contributed by atoms with van der Waals surface area (Å²) in [6.07, 6.45) is 5.71. The van der Waals surface area contributed by atoms with Crippen LogP contribution in [-0.2, 0) is 12.0 Å². The highest BCUT2D eigenvalue weighted by Crippen LogP contribution is 2.42. The standard InChI is InChI=1S/C17H24N2/c1-3-11-19-13-9-17(10-14-19)16-7-5-4-6-15(16)8-12-18(17)2/h3-7H,1,8-14H2,2H3. The number of fused-ring (bicyclic) bond motifs is 2. The van der Waals surface area contributed by atoms with Gasteiger partial charge in [0.05, 0.1) is 0 Å². The van der Waals surface area contributed by atoms with E-state index in [0.29, 0.717) is 0 Å². The van der Waals surface area contributed by atoms with Crippen LogP contribution in [-0.4, -0.2) is 43.0 Å². The summed E-state index contributed by atoms with van der Waals surface area (Å²) in [7, 11) is 2.30. The Hall–Kier alpha value is -1.12. The molecule has 1 fully saturated rings. The molecule has 1 aromatic carbocycles. The molecule has 2 heterocycles. The van der Waals surface area contributed by atoms with E-state index in [2.05, 4.69) is 47.7 Å². The van der Waals surface area contributed by atoms with Crippen LogP contribution in [0.5, 0.6) is 0 Å². The Bertz CT molecular complexity index is 458. The minimum absolute atomic E-state index is 0.284. The zero-order valence-electron chi connectivity index (χ0n) is 11.9. The van der Waals surface area contributed by atoms with Crippen LogP contribution in [0.2, 0.25) is 0 Å². The fourth-order valence-electron chi connectivity index (χ4n) is 3.84. The van der Waals surface area contributed by atoms with Gasteiger partial charge in [-0.15, -0.1) is 6.58 Å². The number of rotatable bonds is 2. The summed E-state index contributed by atoms with van der Waals surface area (Å²) in [5.74, 6) is 0. The fourth-order valence-corrected chi connectivity index (χ4v) is 3.84. The molecule has 2 aliphatic heterocycles. The van der Waals surface area contributed by atoms with Crippen molar-refractivity contribution in [3.05, 3.63) is 48.0 Å². The molecule has 1 aromatic rings. The summed E-state index contributed by atoms with van der Waals surface area (Å²) in [5.41, 5.74) is 3.44. The van der Waals surface area contributed by atoms with Gasteiger partial charge < -0.3 is 0 Å². The Morgan fingerprint density at radius 2 is 1.95 bits per heavy atom. The van der Waals surface area contributed by atoms with Gasteiger partial charge >= 0.3 is 0 Å². The molecular weight excluding hydrogens is 232 g/mol. The Morgan fingerprint density at radius 3 is 2.68 bits per heavy atom. The van der Waals surface area contributed by atoms with Gasteiger partial charge in [0.25, 0.3) is 0 Å². The molecule has 1 spiro atoms. The first-order chi connectivity index (χ1) is 9.26. The second-order valence-electron chi connectivity index (χ2n) is 5.95. The highest BCUT2D eigenvalue weighted by molar-refractivity contribution is 5.37. The number of benzene rings is 1. The van der Waals surface area contributed by atoms with Crippen molar-refractivity contribution in [1.82, 2.24) is 9.80 Å². The molecule has 0 aromatic heterocycles. The topological polar surface area (TPSA) is 6.48 Å². The van der Waals surface area contributed by atoms with Crippen LogP contribution in [0.25, 0.3) is 0 Å². The fraction of sp³-hybridized carbons (Fsp3) is 0.529. The third-order valence-electron chi connectivity index (χ3n) is 5.04. The second-order valence-corrected chi connectivity index (χ2v) is 5.95. The molecule has 2 aliphatic rings. The van der Waals surface area contributed by atoms with Crippen molar-refractivity contribution in [1.29, 1.82) is 0 Å². The van der Waals surface area contributed by atoms with Crippen LogP contribution in [0.15, 0.2) is 36.9 Å². The van der Waals surface area contributed by atoms with Crippen molar-refractivity contribution in [2.75, 3.05) is 33.2 Å². The molecule has 0 aliphatic carbocycles. The lowest BCUT2D eigenvalue weighted by molar-refractivity contribution is 0.0316. The molecule has 2 heteroatoms. The molecule has 3 rings (SSSR count). The van der Waals surface area contributed by atoms with Gasteiger partial charge in [0.1, 0.15) is 0 Å². The molecule has 0 saturated carbocycles. The molecule has 0 atom stereocenters. The zero-order chi connectivity index (χ0) is 13.3. The average Bonchev–Trinajstić information content (AvgIpc) is 2.46. The van der Waals surface area contributed by atoms with Crippen LogP contribution >= 0.6 is 0 Å². The molecule has 2 nitrogen and oxygen atoms in total. The Labute approximate surface area is 116 Å². The first-order valence-corrected chi connectivity index (χ1v) is 7.39. The predicted octanol–water partition coefficient (Wildman–Crippen LogP) is 2.65. The number of piperidine rings is 1. The lowest BCUT2D eigenvalue weighted by Crippen LogP contribution is -2.54. The van der Waals surface area contributed by atoms with Gasteiger partial charge in [0.15, 0.2) is 0 Å². The van der Waals surface area contributed by atoms with E-state index in [-0.39, 0.29) is 5.54 Å². The minimum atomic E-state index is 0.284. The van der Waals surface area contributed by atoms with Gasteiger partial charge in [-0.05, 0) is 37.4 Å². The zero-order valence-corrected chi connectivity index (χ0v) is 11.9. The van der Waals surface area contributed by atoms with Crippen LogP contribution in [0, 0.1) is 0 Å². The predicted molar refractivity (Wildman–Crippen MR) is 80.3 cm³/mol. The van der Waals surface area contributed by atoms with E-state index in [1.807, 2.05) is 6.08 Å². The number of hydrogen-bond acceptors (Lipinski definition) is 2. The monoisotopic (exact) mass is 256 g/mol. The maximum Gasteiger partial charge on any atom is 0.0484 e. The number of likely N-dealkylation sites (tertiary alicyclic amines) is 1. The third kappa shape index (κ3) is 2.13. The molecule has 1 saturated heterocycles. The smallest absolute Gasteiger partial charge is 0.0484 e. The van der Waals surface area contributed by atoms with Crippen molar-refractivity contribution in [3.63, 3.8) is 0 Å². The van der Waals surface area contributed by atoms with Gasteiger partial charge in [-0.3, -0.25) is 9.80 Å². The summed E-state index contributed by atoms with van der Waals surface area (Å²) in [5, 5.41) is 0. The van der Waals surface area contributed by atoms with Crippen molar-refractivity contribution in [3.8, 4) is 0 Å². The summed E-state index contributed by atoms with van der Waals surface area (Å²) >= 11 is 0. The van der Waals surface area contributed by atoms with Crippen molar-refractivity contribution < 1.29 is 0 Å². The number of hydrogen-bond donors (Lipinski definition) is 0. The van der Waals surface area contributed by atoms with E-state index in [9.17, 15) is 0 Å². The van der Waals surface area contributed by atoms with Gasteiger partial charge in [-0.1, -0.05) is 30.3 Å². The normalized spacial score (nSPS) is 23.2. The first-order valence-electron chi connectivity index (χ1n) is 7.39. The molecular formula is C17H24N2. The maximum atomic E-state index is 3.86. The van der Waals surface area contributed by atoms with Gasteiger partial charge in [-0.25, -0.2) is 0 Å². The minimum Gasteiger partial charge on any atom is -0.300 e. The van der Waals surface area contributed by atoms with E-state index >= 15 is 0 Å². The van der Waals surface area contributed by atoms with Crippen LogP contribution in [0.3, 0.4) is 0 Å². The molecule has 0 N–H and O–H groups in total. The molecule has 0 amide bonds. The van der Waals surface area contributed by atoms with Crippen LogP contribution in [0.4, 0.5) is 0 Å². The van der Waals surface area contributed by atoms with E-state index < -0.39 is 0 Å². The van der Waals surface area contributed by atoms with Crippen molar-refractivity contribution in [2.24, 2.45) is 0 Å². The van der Waals surface area contributed by atoms with Gasteiger partial charge in [0, 0.05) is 31.7 Å². The number of likely N-dealkylation sites (N-methyl/N-ethyl adjacent to an activating group) is 1. The van der Waals surface area contributed by atoms with E-state index in [1.54, 1.807) is 11.1 Å². The summed E-state index contributed by atoms with van der Waals surface area (Å²) < 4.78 is 0. The Morgan fingerprint density at radius 1 is 1.21 bits per heavy atom. The Kier molecular flexibility index (Phi) is 3.46.